The van der Waals surface area contributed by atoms with Crippen LogP contribution in [0.1, 0.15) is 57.8 Å². The van der Waals surface area contributed by atoms with E-state index >= 15 is 0 Å². The van der Waals surface area contributed by atoms with Crippen LogP contribution < -0.4 is 16.4 Å². The van der Waals surface area contributed by atoms with Crippen molar-refractivity contribution in [2.24, 2.45) is 5.92 Å². The van der Waals surface area contributed by atoms with E-state index in [0.29, 0.717) is 29.8 Å². The molecule has 1 aliphatic heterocycles. The van der Waals surface area contributed by atoms with Gasteiger partial charge in [-0.3, -0.25) is 14.6 Å². The average molecular weight is 461 g/mol. The number of likely N-dealkylation sites (tertiary alicyclic amines) is 1. The van der Waals surface area contributed by atoms with Crippen molar-refractivity contribution in [2.75, 3.05) is 13.1 Å². The first-order valence-corrected chi connectivity index (χ1v) is 11.1. The Labute approximate surface area is 192 Å². The Morgan fingerprint density at radius 3 is 2.45 bits per heavy atom. The van der Waals surface area contributed by atoms with Crippen LogP contribution in [0.25, 0.3) is 11.1 Å². The number of ether oxygens (including phenoxy) is 1. The molecule has 1 aliphatic rings. The lowest BCUT2D eigenvalue weighted by Crippen LogP contribution is -2.51. The summed E-state index contributed by atoms with van der Waals surface area (Å²) < 4.78 is 10.2. The molecule has 3 N–H and O–H groups in total. The topological polar surface area (TPSA) is 134 Å². The summed E-state index contributed by atoms with van der Waals surface area (Å²) in [5.74, 6) is -0.756. The van der Waals surface area contributed by atoms with Crippen molar-refractivity contribution < 1.29 is 23.5 Å². The monoisotopic (exact) mass is 460 g/mol. The van der Waals surface area contributed by atoms with E-state index in [1.54, 1.807) is 44.7 Å². The van der Waals surface area contributed by atoms with Gasteiger partial charge < -0.3 is 24.7 Å². The van der Waals surface area contributed by atoms with Crippen LogP contribution in [-0.4, -0.2) is 58.6 Å². The van der Waals surface area contributed by atoms with E-state index in [-0.39, 0.29) is 23.8 Å². The summed E-state index contributed by atoms with van der Waals surface area (Å²) in [5, 5.41) is 5.59. The standard InChI is InChI=1S/C23H32N4O6/c1-13(24-19(28)16-6-7-17-18(12-16)32-21(30)26-17)15-8-10-27(11-9-15)20(29)14(2)25-22(31)33-23(3,4)5/h6-7,12-15H,8-11H2,1-5H3,(H,24,28)(H,25,31)(H,26,30)/t13?,14-/m0/s1. The van der Waals surface area contributed by atoms with Gasteiger partial charge in [0.1, 0.15) is 11.6 Å². The van der Waals surface area contributed by atoms with E-state index in [4.69, 9.17) is 9.15 Å². The summed E-state index contributed by atoms with van der Waals surface area (Å²) >= 11 is 0. The molecule has 3 amide bonds. The molecule has 10 heteroatoms. The maximum Gasteiger partial charge on any atom is 0.417 e. The van der Waals surface area contributed by atoms with Gasteiger partial charge in [-0.05, 0) is 71.6 Å². The van der Waals surface area contributed by atoms with E-state index in [2.05, 4.69) is 15.6 Å². The van der Waals surface area contributed by atoms with Gasteiger partial charge in [-0.25, -0.2) is 9.59 Å². The molecule has 0 radical (unpaired) electrons. The highest BCUT2D eigenvalue weighted by Gasteiger charge is 2.30. The third-order valence-electron chi connectivity index (χ3n) is 5.70. The number of piperidine rings is 1. The molecule has 1 aromatic heterocycles. The van der Waals surface area contributed by atoms with Gasteiger partial charge in [-0.2, -0.15) is 0 Å². The Morgan fingerprint density at radius 1 is 1.15 bits per heavy atom. The number of aromatic nitrogens is 1. The highest BCUT2D eigenvalue weighted by atomic mass is 16.6. The average Bonchev–Trinajstić information content (AvgIpc) is 3.10. The lowest BCUT2D eigenvalue weighted by atomic mass is 9.90. The number of aromatic amines is 1. The third-order valence-corrected chi connectivity index (χ3v) is 5.70. The summed E-state index contributed by atoms with van der Waals surface area (Å²) in [6.45, 7) is 9.97. The number of nitrogens with one attached hydrogen (secondary N) is 3. The van der Waals surface area contributed by atoms with Gasteiger partial charge in [-0.15, -0.1) is 0 Å². The van der Waals surface area contributed by atoms with Crippen LogP contribution in [0.5, 0.6) is 0 Å². The minimum Gasteiger partial charge on any atom is -0.444 e. The van der Waals surface area contributed by atoms with E-state index in [9.17, 15) is 19.2 Å². The molecule has 1 saturated heterocycles. The Hall–Kier alpha value is -3.30. The number of carbonyl (C=O) groups excluding carboxylic acids is 3. The summed E-state index contributed by atoms with van der Waals surface area (Å²) in [6.07, 6.45) is 0.850. The van der Waals surface area contributed by atoms with Gasteiger partial charge in [-0.1, -0.05) is 0 Å². The van der Waals surface area contributed by atoms with Crippen LogP contribution >= 0.6 is 0 Å². The Bertz CT molecular complexity index is 1070. The molecule has 33 heavy (non-hydrogen) atoms. The minimum atomic E-state index is -0.683. The van der Waals surface area contributed by atoms with Gasteiger partial charge in [0.15, 0.2) is 5.58 Å². The lowest BCUT2D eigenvalue weighted by molar-refractivity contribution is -0.134. The van der Waals surface area contributed by atoms with Gasteiger partial charge >= 0.3 is 11.8 Å². The first kappa shape index (κ1) is 24.3. The number of fused-ring (bicyclic) bond motifs is 1. The molecule has 2 heterocycles. The summed E-state index contributed by atoms with van der Waals surface area (Å²) in [6, 6.07) is 4.03. The molecule has 2 atom stereocenters. The Morgan fingerprint density at radius 2 is 1.82 bits per heavy atom. The van der Waals surface area contributed by atoms with E-state index in [1.807, 2.05) is 6.92 Å². The number of nitrogens with zero attached hydrogens (tertiary/aromatic N) is 1. The van der Waals surface area contributed by atoms with Crippen LogP contribution in [-0.2, 0) is 9.53 Å². The SMILES string of the molecule is CC(NC(=O)c1ccc2[nH]c(=O)oc2c1)C1CCN(C(=O)[C@H](C)NC(=O)OC(C)(C)C)CC1. The largest absolute Gasteiger partial charge is 0.444 e. The van der Waals surface area contributed by atoms with Crippen molar-refractivity contribution >= 4 is 29.0 Å². The Kier molecular flexibility index (Phi) is 7.14. The zero-order valence-electron chi connectivity index (χ0n) is 19.7. The quantitative estimate of drug-likeness (QED) is 0.627. The zero-order valence-corrected chi connectivity index (χ0v) is 19.7. The van der Waals surface area contributed by atoms with Crippen LogP contribution in [0.2, 0.25) is 0 Å². The summed E-state index contributed by atoms with van der Waals surface area (Å²) in [7, 11) is 0. The van der Waals surface area contributed by atoms with Crippen LogP contribution in [0.3, 0.4) is 0 Å². The van der Waals surface area contributed by atoms with Crippen molar-refractivity contribution in [1.82, 2.24) is 20.5 Å². The smallest absolute Gasteiger partial charge is 0.417 e. The highest BCUT2D eigenvalue weighted by Crippen LogP contribution is 2.22. The molecule has 180 valence electrons. The molecule has 3 rings (SSSR count). The fraction of sp³-hybridized carbons (Fsp3) is 0.565. The van der Waals surface area contributed by atoms with Crippen molar-refractivity contribution in [1.29, 1.82) is 0 Å². The summed E-state index contributed by atoms with van der Waals surface area (Å²) in [4.78, 5) is 52.9. The van der Waals surface area contributed by atoms with Crippen LogP contribution in [0, 0.1) is 5.92 Å². The van der Waals surface area contributed by atoms with Gasteiger partial charge in [0.25, 0.3) is 5.91 Å². The van der Waals surface area contributed by atoms with Crippen molar-refractivity contribution in [2.45, 2.75) is 65.1 Å². The molecule has 1 aromatic carbocycles. The van der Waals surface area contributed by atoms with E-state index < -0.39 is 23.5 Å². The van der Waals surface area contributed by atoms with Gasteiger partial charge in [0.2, 0.25) is 5.91 Å². The number of hydrogen-bond acceptors (Lipinski definition) is 6. The maximum absolute atomic E-state index is 12.7. The fourth-order valence-corrected chi connectivity index (χ4v) is 3.93. The van der Waals surface area contributed by atoms with E-state index in [0.717, 1.165) is 12.8 Å². The lowest BCUT2D eigenvalue weighted by Gasteiger charge is -2.36. The molecule has 10 nitrogen and oxygen atoms in total. The number of benzene rings is 1. The molecule has 2 aromatic rings. The fourth-order valence-electron chi connectivity index (χ4n) is 3.93. The number of rotatable bonds is 5. The molecule has 1 unspecified atom stereocenters. The third kappa shape index (κ3) is 6.36. The zero-order chi connectivity index (χ0) is 24.3. The number of amides is 3. The van der Waals surface area contributed by atoms with Crippen molar-refractivity contribution in [3.63, 3.8) is 0 Å². The Balaban J connectivity index is 1.49. The molecule has 0 spiro atoms. The molecular formula is C23H32N4O6. The molecule has 0 saturated carbocycles. The van der Waals surface area contributed by atoms with Crippen LogP contribution in [0.15, 0.2) is 27.4 Å². The maximum atomic E-state index is 12.7. The summed E-state index contributed by atoms with van der Waals surface area (Å²) in [5.41, 5.74) is 0.650. The second-order valence-electron chi connectivity index (χ2n) is 9.52. The first-order valence-electron chi connectivity index (χ1n) is 11.1. The normalized spacial score (nSPS) is 16.8. The molecular weight excluding hydrogens is 428 g/mol. The first-order chi connectivity index (χ1) is 15.4. The number of alkyl carbamates (subject to hydrolysis) is 1. The predicted molar refractivity (Wildman–Crippen MR) is 122 cm³/mol. The minimum absolute atomic E-state index is 0.0963. The van der Waals surface area contributed by atoms with Crippen molar-refractivity contribution in [3.05, 3.63) is 34.3 Å². The van der Waals surface area contributed by atoms with Gasteiger partial charge in [0.05, 0.1) is 5.52 Å². The van der Waals surface area contributed by atoms with Crippen molar-refractivity contribution in [3.8, 4) is 0 Å². The second kappa shape index (κ2) is 9.68. The molecule has 0 aliphatic carbocycles. The number of hydrogen-bond donors (Lipinski definition) is 3. The number of carbonyl (C=O) groups is 3. The van der Waals surface area contributed by atoms with Gasteiger partial charge in [0, 0.05) is 24.7 Å². The molecule has 0 bridgehead atoms. The second-order valence-corrected chi connectivity index (χ2v) is 9.52. The molecule has 1 fully saturated rings. The highest BCUT2D eigenvalue weighted by molar-refractivity contribution is 5.97. The van der Waals surface area contributed by atoms with Crippen LogP contribution in [0.4, 0.5) is 4.79 Å². The number of oxazole rings is 1. The predicted octanol–water partition coefficient (Wildman–Crippen LogP) is 2.39. The van der Waals surface area contributed by atoms with E-state index in [1.165, 1.54) is 6.07 Å². The number of H-pyrrole nitrogens is 1.